The Bertz CT molecular complexity index is 1010. The molecule has 0 aliphatic heterocycles. The van der Waals surface area contributed by atoms with Crippen LogP contribution in [0.15, 0.2) is 30.6 Å². The van der Waals surface area contributed by atoms with Gasteiger partial charge in [-0.2, -0.15) is 5.10 Å². The van der Waals surface area contributed by atoms with Crippen LogP contribution < -0.4 is 16.0 Å². The summed E-state index contributed by atoms with van der Waals surface area (Å²) in [4.78, 5) is 28.8. The van der Waals surface area contributed by atoms with E-state index >= 15 is 0 Å². The Balaban J connectivity index is 1.66. The zero-order valence-corrected chi connectivity index (χ0v) is 15.7. The van der Waals surface area contributed by atoms with E-state index in [1.807, 2.05) is 6.92 Å². The maximum Gasteiger partial charge on any atom is 0.326 e. The molecular weight excluding hydrogens is 368 g/mol. The standard InChI is InChI=1S/C17H18N6O3S/c1-9-4-5-11(24)10(2)14(9)20-15(25)12-8-18-17(27-12)21-16(26)19-13-6-7-23(3)22-13/h4-8,24H,1-3H3,(H,20,25)(H2,18,19,21,22,26). The van der Waals surface area contributed by atoms with Gasteiger partial charge in [-0.1, -0.05) is 17.4 Å². The summed E-state index contributed by atoms with van der Waals surface area (Å²) in [7, 11) is 1.74. The molecular formula is C17H18N6O3S. The first-order chi connectivity index (χ1) is 12.8. The number of benzene rings is 1. The van der Waals surface area contributed by atoms with Crippen molar-refractivity contribution in [2.24, 2.45) is 7.05 Å². The fourth-order valence-corrected chi connectivity index (χ4v) is 3.07. The van der Waals surface area contributed by atoms with Gasteiger partial charge in [0, 0.05) is 24.9 Å². The quantitative estimate of drug-likeness (QED) is 0.549. The summed E-state index contributed by atoms with van der Waals surface area (Å²) in [6.07, 6.45) is 3.08. The van der Waals surface area contributed by atoms with Crippen LogP contribution in [0.4, 0.5) is 21.4 Å². The Hall–Kier alpha value is -3.40. The first-order valence-electron chi connectivity index (χ1n) is 7.97. The van der Waals surface area contributed by atoms with Gasteiger partial charge in [-0.25, -0.2) is 9.78 Å². The first-order valence-corrected chi connectivity index (χ1v) is 8.79. The van der Waals surface area contributed by atoms with Crippen LogP contribution in [0.5, 0.6) is 5.75 Å². The van der Waals surface area contributed by atoms with Gasteiger partial charge < -0.3 is 10.4 Å². The summed E-state index contributed by atoms with van der Waals surface area (Å²) in [5.74, 6) is 0.135. The van der Waals surface area contributed by atoms with Gasteiger partial charge >= 0.3 is 6.03 Å². The van der Waals surface area contributed by atoms with Crippen molar-refractivity contribution in [3.05, 3.63) is 46.6 Å². The molecule has 4 N–H and O–H groups in total. The molecule has 0 saturated carbocycles. The van der Waals surface area contributed by atoms with Crippen molar-refractivity contribution >= 4 is 39.9 Å². The number of nitrogens with zero attached hydrogens (tertiary/aromatic N) is 3. The Labute approximate surface area is 159 Å². The average Bonchev–Trinajstić information content (AvgIpc) is 3.24. The number of thiazole rings is 1. The highest BCUT2D eigenvalue weighted by Gasteiger charge is 2.16. The van der Waals surface area contributed by atoms with Gasteiger partial charge in [-0.15, -0.1) is 0 Å². The number of aromatic nitrogens is 3. The number of nitrogens with one attached hydrogen (secondary N) is 3. The van der Waals surface area contributed by atoms with E-state index in [1.165, 1.54) is 6.20 Å². The van der Waals surface area contributed by atoms with Crippen molar-refractivity contribution in [1.29, 1.82) is 0 Å². The molecule has 0 radical (unpaired) electrons. The Morgan fingerprint density at radius 2 is 1.93 bits per heavy atom. The molecule has 3 amide bonds. The fraction of sp³-hybridized carbons (Fsp3) is 0.176. The molecule has 0 saturated heterocycles. The van der Waals surface area contributed by atoms with E-state index in [-0.39, 0.29) is 16.8 Å². The topological polar surface area (TPSA) is 121 Å². The molecule has 0 aliphatic rings. The lowest BCUT2D eigenvalue weighted by Crippen LogP contribution is -2.19. The number of urea groups is 1. The molecule has 0 atom stereocenters. The zero-order valence-electron chi connectivity index (χ0n) is 14.9. The molecule has 10 heteroatoms. The highest BCUT2D eigenvalue weighted by molar-refractivity contribution is 7.17. The SMILES string of the molecule is Cc1ccc(O)c(C)c1NC(=O)c1cnc(NC(=O)Nc2ccn(C)n2)s1. The second-order valence-corrected chi connectivity index (χ2v) is 6.87. The molecule has 2 heterocycles. The lowest BCUT2D eigenvalue weighted by atomic mass is 10.1. The fourth-order valence-electron chi connectivity index (χ4n) is 2.37. The van der Waals surface area contributed by atoms with Gasteiger partial charge in [0.15, 0.2) is 10.9 Å². The van der Waals surface area contributed by atoms with Crippen LogP contribution in [0.25, 0.3) is 0 Å². The van der Waals surface area contributed by atoms with Gasteiger partial charge in [0.2, 0.25) is 0 Å². The number of phenolic OH excluding ortho intramolecular Hbond substituents is 1. The van der Waals surface area contributed by atoms with E-state index in [9.17, 15) is 14.7 Å². The number of hydrogen-bond donors (Lipinski definition) is 4. The minimum atomic E-state index is -0.505. The van der Waals surface area contributed by atoms with E-state index in [2.05, 4.69) is 26.0 Å². The highest BCUT2D eigenvalue weighted by atomic mass is 32.1. The van der Waals surface area contributed by atoms with Crippen LogP contribution in [-0.2, 0) is 7.05 Å². The van der Waals surface area contributed by atoms with Crippen LogP contribution in [0.3, 0.4) is 0 Å². The van der Waals surface area contributed by atoms with Crippen LogP contribution in [0, 0.1) is 13.8 Å². The number of hydrogen-bond acceptors (Lipinski definition) is 6. The average molecular weight is 386 g/mol. The lowest BCUT2D eigenvalue weighted by molar-refractivity contribution is 0.103. The molecule has 0 unspecified atom stereocenters. The Morgan fingerprint density at radius 1 is 1.15 bits per heavy atom. The van der Waals surface area contributed by atoms with E-state index < -0.39 is 6.03 Å². The lowest BCUT2D eigenvalue weighted by Gasteiger charge is -2.11. The van der Waals surface area contributed by atoms with Crippen LogP contribution in [0.2, 0.25) is 0 Å². The Kier molecular flexibility index (Phi) is 5.08. The largest absolute Gasteiger partial charge is 0.508 e. The number of aromatic hydroxyl groups is 1. The number of amides is 3. The molecule has 27 heavy (non-hydrogen) atoms. The predicted molar refractivity (Wildman–Crippen MR) is 103 cm³/mol. The number of carbonyl (C=O) groups excluding carboxylic acids is 2. The molecule has 140 valence electrons. The van der Waals surface area contributed by atoms with Gasteiger partial charge in [0.1, 0.15) is 10.6 Å². The number of anilines is 3. The maximum atomic E-state index is 12.5. The summed E-state index contributed by atoms with van der Waals surface area (Å²) >= 11 is 1.04. The first kappa shape index (κ1) is 18.4. The third kappa shape index (κ3) is 4.23. The summed E-state index contributed by atoms with van der Waals surface area (Å²) in [6.45, 7) is 3.56. The second-order valence-electron chi connectivity index (χ2n) is 5.84. The zero-order chi connectivity index (χ0) is 19.6. The van der Waals surface area contributed by atoms with E-state index in [1.54, 1.807) is 43.0 Å². The summed E-state index contributed by atoms with van der Waals surface area (Å²) in [5, 5.41) is 22.0. The van der Waals surface area contributed by atoms with Crippen LogP contribution in [0.1, 0.15) is 20.8 Å². The van der Waals surface area contributed by atoms with E-state index in [0.717, 1.165) is 16.9 Å². The van der Waals surface area contributed by atoms with Crippen molar-refractivity contribution in [3.63, 3.8) is 0 Å². The third-order valence-corrected chi connectivity index (χ3v) is 4.70. The molecule has 1 aromatic carbocycles. The molecule has 3 aromatic rings. The van der Waals surface area contributed by atoms with E-state index in [4.69, 9.17) is 0 Å². The molecule has 0 fully saturated rings. The van der Waals surface area contributed by atoms with Crippen molar-refractivity contribution in [1.82, 2.24) is 14.8 Å². The summed E-state index contributed by atoms with van der Waals surface area (Å²) in [5.41, 5.74) is 1.97. The van der Waals surface area contributed by atoms with Crippen molar-refractivity contribution < 1.29 is 14.7 Å². The van der Waals surface area contributed by atoms with Crippen LogP contribution in [-0.4, -0.2) is 31.8 Å². The summed E-state index contributed by atoms with van der Waals surface area (Å²) < 4.78 is 1.56. The molecule has 0 aliphatic carbocycles. The molecule has 3 rings (SSSR count). The van der Waals surface area contributed by atoms with E-state index in [0.29, 0.717) is 21.9 Å². The minimum Gasteiger partial charge on any atom is -0.508 e. The van der Waals surface area contributed by atoms with Crippen LogP contribution >= 0.6 is 11.3 Å². The van der Waals surface area contributed by atoms with Gasteiger partial charge in [-0.3, -0.25) is 20.1 Å². The highest BCUT2D eigenvalue weighted by Crippen LogP contribution is 2.29. The van der Waals surface area contributed by atoms with Crippen molar-refractivity contribution in [2.75, 3.05) is 16.0 Å². The molecule has 0 spiro atoms. The number of phenols is 1. The smallest absolute Gasteiger partial charge is 0.326 e. The minimum absolute atomic E-state index is 0.105. The maximum absolute atomic E-state index is 12.5. The summed E-state index contributed by atoms with van der Waals surface area (Å²) in [6, 6.07) is 4.45. The molecule has 0 bridgehead atoms. The third-order valence-electron chi connectivity index (χ3n) is 3.79. The van der Waals surface area contributed by atoms with Gasteiger partial charge in [0.25, 0.3) is 5.91 Å². The van der Waals surface area contributed by atoms with Crippen molar-refractivity contribution in [2.45, 2.75) is 13.8 Å². The monoisotopic (exact) mass is 386 g/mol. The number of rotatable bonds is 4. The number of aryl methyl sites for hydroxylation is 2. The van der Waals surface area contributed by atoms with Gasteiger partial charge in [0.05, 0.1) is 11.9 Å². The normalized spacial score (nSPS) is 10.5. The second kappa shape index (κ2) is 7.46. The van der Waals surface area contributed by atoms with Crippen molar-refractivity contribution in [3.8, 4) is 5.75 Å². The number of carbonyl (C=O) groups is 2. The van der Waals surface area contributed by atoms with Gasteiger partial charge in [-0.05, 0) is 25.5 Å². The molecule has 9 nitrogen and oxygen atoms in total. The Morgan fingerprint density at radius 3 is 2.63 bits per heavy atom. The predicted octanol–water partition coefficient (Wildman–Crippen LogP) is 3.10. The molecule has 2 aromatic heterocycles.